The van der Waals surface area contributed by atoms with Crippen LogP contribution in [0.1, 0.15) is 32.0 Å². The summed E-state index contributed by atoms with van der Waals surface area (Å²) in [5.41, 5.74) is 1.01. The number of nitrogens with zero attached hydrogens (tertiary/aromatic N) is 2. The third-order valence-corrected chi connectivity index (χ3v) is 5.29. The van der Waals surface area contributed by atoms with Crippen LogP contribution in [0.15, 0.2) is 47.3 Å². The van der Waals surface area contributed by atoms with Crippen LogP contribution in [0.3, 0.4) is 0 Å². The van der Waals surface area contributed by atoms with E-state index in [9.17, 15) is 9.59 Å². The number of hydrogen-bond donors (Lipinski definition) is 2. The van der Waals surface area contributed by atoms with Crippen LogP contribution in [0.4, 0.5) is 5.69 Å². The Bertz CT molecular complexity index is 1080. The van der Waals surface area contributed by atoms with Crippen molar-refractivity contribution in [3.05, 3.63) is 68.7 Å². The van der Waals surface area contributed by atoms with E-state index in [1.165, 1.54) is 0 Å². The second-order valence-electron chi connectivity index (χ2n) is 7.08. The van der Waals surface area contributed by atoms with Crippen molar-refractivity contribution in [3.63, 3.8) is 0 Å². The molecule has 0 saturated carbocycles. The number of carbonyl (C=O) groups excluding carboxylic acids is 1. The maximum absolute atomic E-state index is 12.4. The molecule has 3 aromatic rings. The average molecular weight is 447 g/mol. The van der Waals surface area contributed by atoms with Crippen molar-refractivity contribution in [1.82, 2.24) is 14.9 Å². The van der Waals surface area contributed by atoms with E-state index in [0.29, 0.717) is 45.5 Å². The molecule has 0 saturated heterocycles. The van der Waals surface area contributed by atoms with Crippen molar-refractivity contribution in [2.45, 2.75) is 32.7 Å². The van der Waals surface area contributed by atoms with Crippen LogP contribution in [0.2, 0.25) is 10.0 Å². The van der Waals surface area contributed by atoms with Crippen molar-refractivity contribution in [2.24, 2.45) is 0 Å². The molecule has 0 radical (unpaired) electrons. The lowest BCUT2D eigenvalue weighted by molar-refractivity contribution is -0.116. The van der Waals surface area contributed by atoms with E-state index in [-0.39, 0.29) is 17.9 Å². The summed E-state index contributed by atoms with van der Waals surface area (Å²) in [6.45, 7) is 3.91. The Morgan fingerprint density at radius 3 is 2.77 bits per heavy atom. The van der Waals surface area contributed by atoms with E-state index >= 15 is 0 Å². The zero-order valence-electron chi connectivity index (χ0n) is 16.8. The molecule has 1 amide bonds. The quantitative estimate of drug-likeness (QED) is 0.491. The average Bonchev–Trinajstić information content (AvgIpc) is 2.73. The number of nitrogens with one attached hydrogen (secondary N) is 2. The highest BCUT2D eigenvalue weighted by Gasteiger charge is 2.13. The number of aromatic nitrogens is 2. The Kier molecular flexibility index (Phi) is 7.85. The summed E-state index contributed by atoms with van der Waals surface area (Å²) in [6.07, 6.45) is 2.30. The van der Waals surface area contributed by atoms with Crippen LogP contribution >= 0.6 is 23.2 Å². The molecule has 3 rings (SSSR count). The number of anilines is 1. The Labute approximate surface area is 185 Å². The molecule has 6 nitrogen and oxygen atoms in total. The lowest BCUT2D eigenvalue weighted by atomic mass is 10.2. The number of amides is 1. The second-order valence-corrected chi connectivity index (χ2v) is 7.93. The molecular formula is C22H24Cl2N4O2. The molecule has 0 atom stereocenters. The monoisotopic (exact) mass is 446 g/mol. The van der Waals surface area contributed by atoms with Gasteiger partial charge in [0.15, 0.2) is 0 Å². The Morgan fingerprint density at radius 1 is 1.17 bits per heavy atom. The summed E-state index contributed by atoms with van der Waals surface area (Å²) in [5.74, 6) is 0.439. The van der Waals surface area contributed by atoms with E-state index in [1.807, 2.05) is 18.2 Å². The minimum Gasteiger partial charge on any atom is -0.325 e. The van der Waals surface area contributed by atoms with Gasteiger partial charge >= 0.3 is 0 Å². The van der Waals surface area contributed by atoms with Gasteiger partial charge in [0.1, 0.15) is 5.82 Å². The number of H-pyrrole nitrogens is 1. The van der Waals surface area contributed by atoms with E-state index in [2.05, 4.69) is 27.1 Å². The first-order valence-electron chi connectivity index (χ1n) is 9.91. The fourth-order valence-electron chi connectivity index (χ4n) is 3.14. The standard InChI is InChI=1S/C22H24Cl2N4O2/c1-2-3-11-28(12-10-21(29)26-19-13-15(23)8-9-17(19)24)14-20-25-18-7-5-4-6-16(18)22(30)27-20/h4-9,13H,2-3,10-12,14H2,1H3,(H,26,29)(H,25,27,30). The van der Waals surface area contributed by atoms with Crippen LogP contribution in [0.5, 0.6) is 0 Å². The van der Waals surface area contributed by atoms with Crippen molar-refractivity contribution in [1.29, 1.82) is 0 Å². The first-order valence-corrected chi connectivity index (χ1v) is 10.7. The van der Waals surface area contributed by atoms with Crippen molar-refractivity contribution < 1.29 is 4.79 Å². The van der Waals surface area contributed by atoms with E-state index in [4.69, 9.17) is 23.2 Å². The number of hydrogen-bond acceptors (Lipinski definition) is 4. The van der Waals surface area contributed by atoms with E-state index in [0.717, 1.165) is 19.4 Å². The minimum atomic E-state index is -0.153. The summed E-state index contributed by atoms with van der Waals surface area (Å²) in [5, 5.41) is 4.32. The van der Waals surface area contributed by atoms with Crippen molar-refractivity contribution >= 4 is 45.7 Å². The van der Waals surface area contributed by atoms with Gasteiger partial charge in [-0.25, -0.2) is 4.98 Å². The maximum atomic E-state index is 12.4. The minimum absolute atomic E-state index is 0.152. The van der Waals surface area contributed by atoms with Gasteiger partial charge in [-0.05, 0) is 43.3 Å². The van der Waals surface area contributed by atoms with Gasteiger partial charge in [-0.3, -0.25) is 14.5 Å². The normalized spacial score (nSPS) is 11.2. The molecule has 0 aliphatic heterocycles. The predicted octanol–water partition coefficient (Wildman–Crippen LogP) is 4.86. The summed E-state index contributed by atoms with van der Waals surface area (Å²) < 4.78 is 0. The first-order chi connectivity index (χ1) is 14.5. The van der Waals surface area contributed by atoms with Crippen LogP contribution in [-0.2, 0) is 11.3 Å². The molecular weight excluding hydrogens is 423 g/mol. The lowest BCUT2D eigenvalue weighted by Crippen LogP contribution is -2.30. The molecule has 0 fully saturated rings. The van der Waals surface area contributed by atoms with Crippen molar-refractivity contribution in [2.75, 3.05) is 18.4 Å². The Hall–Kier alpha value is -2.41. The van der Waals surface area contributed by atoms with Crippen LogP contribution in [-0.4, -0.2) is 33.9 Å². The number of unbranched alkanes of at least 4 members (excludes halogenated alkanes) is 1. The molecule has 2 aromatic carbocycles. The summed E-state index contributed by atoms with van der Waals surface area (Å²) in [4.78, 5) is 34.3. The summed E-state index contributed by atoms with van der Waals surface area (Å²) >= 11 is 12.1. The number of benzene rings is 2. The van der Waals surface area contributed by atoms with Gasteiger partial charge in [0.2, 0.25) is 5.91 Å². The SMILES string of the molecule is CCCCN(CCC(=O)Nc1cc(Cl)ccc1Cl)Cc1nc2ccccc2c(=O)[nH]1. The number of rotatable bonds is 9. The topological polar surface area (TPSA) is 78.1 Å². The molecule has 0 bridgehead atoms. The maximum Gasteiger partial charge on any atom is 0.258 e. The number of aromatic amines is 1. The van der Waals surface area contributed by atoms with Crippen molar-refractivity contribution in [3.8, 4) is 0 Å². The predicted molar refractivity (Wildman–Crippen MR) is 122 cm³/mol. The van der Waals surface area contributed by atoms with Crippen LogP contribution in [0.25, 0.3) is 10.9 Å². The number of para-hydroxylation sites is 1. The molecule has 30 heavy (non-hydrogen) atoms. The third kappa shape index (κ3) is 6.05. The zero-order chi connectivity index (χ0) is 21.5. The fraction of sp³-hybridized carbons (Fsp3) is 0.318. The molecule has 1 heterocycles. The van der Waals surface area contributed by atoms with Crippen LogP contribution < -0.4 is 10.9 Å². The molecule has 8 heteroatoms. The molecule has 2 N–H and O–H groups in total. The molecule has 0 aliphatic carbocycles. The molecule has 0 spiro atoms. The fourth-order valence-corrected chi connectivity index (χ4v) is 3.48. The number of halogens is 2. The highest BCUT2D eigenvalue weighted by Crippen LogP contribution is 2.25. The van der Waals surface area contributed by atoms with Gasteiger partial charge in [0, 0.05) is 18.0 Å². The smallest absolute Gasteiger partial charge is 0.258 e. The van der Waals surface area contributed by atoms with Gasteiger partial charge in [-0.1, -0.05) is 48.7 Å². The van der Waals surface area contributed by atoms with E-state index < -0.39 is 0 Å². The highest BCUT2D eigenvalue weighted by atomic mass is 35.5. The Balaban J connectivity index is 1.66. The largest absolute Gasteiger partial charge is 0.325 e. The molecule has 0 unspecified atom stereocenters. The van der Waals surface area contributed by atoms with Gasteiger partial charge in [-0.2, -0.15) is 0 Å². The highest BCUT2D eigenvalue weighted by molar-refractivity contribution is 6.35. The lowest BCUT2D eigenvalue weighted by Gasteiger charge is -2.21. The summed E-state index contributed by atoms with van der Waals surface area (Å²) in [6, 6.07) is 12.2. The first kappa shape index (κ1) is 22.3. The zero-order valence-corrected chi connectivity index (χ0v) is 18.3. The second kappa shape index (κ2) is 10.6. The molecule has 158 valence electrons. The molecule has 1 aromatic heterocycles. The number of carbonyl (C=O) groups is 1. The summed E-state index contributed by atoms with van der Waals surface area (Å²) in [7, 11) is 0. The molecule has 0 aliphatic rings. The van der Waals surface area contributed by atoms with Gasteiger partial charge in [-0.15, -0.1) is 0 Å². The van der Waals surface area contributed by atoms with E-state index in [1.54, 1.807) is 24.3 Å². The van der Waals surface area contributed by atoms with Crippen LogP contribution in [0, 0.1) is 0 Å². The van der Waals surface area contributed by atoms with Gasteiger partial charge in [0.05, 0.1) is 28.2 Å². The third-order valence-electron chi connectivity index (χ3n) is 4.72. The number of fused-ring (bicyclic) bond motifs is 1. The Morgan fingerprint density at radius 2 is 1.97 bits per heavy atom. The van der Waals surface area contributed by atoms with Gasteiger partial charge in [0.25, 0.3) is 5.56 Å². The van der Waals surface area contributed by atoms with Gasteiger partial charge < -0.3 is 10.3 Å².